The summed E-state index contributed by atoms with van der Waals surface area (Å²) in [5, 5.41) is 13.6. The van der Waals surface area contributed by atoms with Crippen LogP contribution in [0.4, 0.5) is 5.69 Å². The standard InChI is InChI=1S/C15H18N4/c1-11(19(2)3)9-18-15-12(8-16)10-17-14-7-5-4-6-13(14)15/h4-7,10-11H,9H2,1-3H3,(H,17,18). The Morgan fingerprint density at radius 2 is 2.11 bits per heavy atom. The van der Waals surface area contributed by atoms with Crippen LogP contribution in [0.15, 0.2) is 30.5 Å². The molecule has 4 nitrogen and oxygen atoms in total. The molecule has 4 heteroatoms. The zero-order chi connectivity index (χ0) is 13.8. The van der Waals surface area contributed by atoms with Gasteiger partial charge in [0.2, 0.25) is 0 Å². The van der Waals surface area contributed by atoms with Gasteiger partial charge in [0, 0.05) is 24.2 Å². The SMILES string of the molecule is CC(CNc1c(C#N)cnc2ccccc12)N(C)C. The van der Waals surface area contributed by atoms with Crippen LogP contribution in [-0.4, -0.2) is 36.6 Å². The average Bonchev–Trinajstić information content (AvgIpc) is 2.43. The molecule has 0 spiro atoms. The fourth-order valence-corrected chi connectivity index (χ4v) is 1.85. The Balaban J connectivity index is 2.37. The van der Waals surface area contributed by atoms with Crippen LogP contribution in [0.3, 0.4) is 0 Å². The molecule has 0 amide bonds. The third-order valence-corrected chi connectivity index (χ3v) is 3.35. The Morgan fingerprint density at radius 3 is 2.79 bits per heavy atom. The van der Waals surface area contributed by atoms with Gasteiger partial charge in [-0.2, -0.15) is 5.26 Å². The lowest BCUT2D eigenvalue weighted by atomic mass is 10.1. The summed E-state index contributed by atoms with van der Waals surface area (Å²) < 4.78 is 0. The van der Waals surface area contributed by atoms with Crippen molar-refractivity contribution in [2.75, 3.05) is 26.0 Å². The van der Waals surface area contributed by atoms with Gasteiger partial charge in [0.05, 0.1) is 16.8 Å². The number of fused-ring (bicyclic) bond motifs is 1. The number of rotatable bonds is 4. The minimum atomic E-state index is 0.387. The summed E-state index contributed by atoms with van der Waals surface area (Å²) in [5.41, 5.74) is 2.37. The second kappa shape index (κ2) is 5.68. The summed E-state index contributed by atoms with van der Waals surface area (Å²) in [6.07, 6.45) is 1.63. The fourth-order valence-electron chi connectivity index (χ4n) is 1.85. The first-order valence-electron chi connectivity index (χ1n) is 6.31. The highest BCUT2D eigenvalue weighted by atomic mass is 15.1. The van der Waals surface area contributed by atoms with Crippen molar-refractivity contribution in [3.63, 3.8) is 0 Å². The van der Waals surface area contributed by atoms with Gasteiger partial charge in [0.15, 0.2) is 0 Å². The third-order valence-electron chi connectivity index (χ3n) is 3.35. The van der Waals surface area contributed by atoms with Crippen LogP contribution in [0.2, 0.25) is 0 Å². The first-order valence-corrected chi connectivity index (χ1v) is 6.31. The smallest absolute Gasteiger partial charge is 0.103 e. The zero-order valence-electron chi connectivity index (χ0n) is 11.5. The fraction of sp³-hybridized carbons (Fsp3) is 0.333. The van der Waals surface area contributed by atoms with E-state index >= 15 is 0 Å². The van der Waals surface area contributed by atoms with Crippen LogP contribution in [0.5, 0.6) is 0 Å². The van der Waals surface area contributed by atoms with E-state index in [4.69, 9.17) is 0 Å². The van der Waals surface area contributed by atoms with E-state index < -0.39 is 0 Å². The molecule has 0 aliphatic heterocycles. The Hall–Kier alpha value is -2.12. The number of anilines is 1. The number of nitriles is 1. The molecule has 0 aliphatic carbocycles. The molecular formula is C15H18N4. The van der Waals surface area contributed by atoms with Crippen LogP contribution < -0.4 is 5.32 Å². The molecule has 0 saturated carbocycles. The number of nitrogens with one attached hydrogen (secondary N) is 1. The van der Waals surface area contributed by atoms with Gasteiger partial charge in [-0.25, -0.2) is 0 Å². The van der Waals surface area contributed by atoms with Gasteiger partial charge in [-0.15, -0.1) is 0 Å². The Bertz CT molecular complexity index is 613. The van der Waals surface area contributed by atoms with E-state index in [-0.39, 0.29) is 0 Å². The summed E-state index contributed by atoms with van der Waals surface area (Å²) in [7, 11) is 4.09. The van der Waals surface area contributed by atoms with Crippen LogP contribution in [0.1, 0.15) is 12.5 Å². The lowest BCUT2D eigenvalue weighted by Gasteiger charge is -2.21. The average molecular weight is 254 g/mol. The van der Waals surface area contributed by atoms with Crippen molar-refractivity contribution in [1.82, 2.24) is 9.88 Å². The van der Waals surface area contributed by atoms with Crippen molar-refractivity contribution in [3.05, 3.63) is 36.0 Å². The lowest BCUT2D eigenvalue weighted by Crippen LogP contribution is -2.31. The van der Waals surface area contributed by atoms with Crippen molar-refractivity contribution in [3.8, 4) is 6.07 Å². The quantitative estimate of drug-likeness (QED) is 0.910. The number of hydrogen-bond donors (Lipinski definition) is 1. The molecule has 1 N–H and O–H groups in total. The molecule has 98 valence electrons. The second-order valence-electron chi connectivity index (χ2n) is 4.87. The topological polar surface area (TPSA) is 52.0 Å². The first-order chi connectivity index (χ1) is 9.13. The molecule has 0 aliphatic rings. The molecule has 0 bridgehead atoms. The van der Waals surface area contributed by atoms with E-state index in [1.54, 1.807) is 6.20 Å². The monoisotopic (exact) mass is 254 g/mol. The first kappa shape index (κ1) is 13.3. The van der Waals surface area contributed by atoms with E-state index in [1.807, 2.05) is 38.4 Å². The zero-order valence-corrected chi connectivity index (χ0v) is 11.5. The Morgan fingerprint density at radius 1 is 1.37 bits per heavy atom. The second-order valence-corrected chi connectivity index (χ2v) is 4.87. The van der Waals surface area contributed by atoms with Gasteiger partial charge in [-0.3, -0.25) is 4.98 Å². The summed E-state index contributed by atoms with van der Waals surface area (Å²) in [4.78, 5) is 6.44. The van der Waals surface area contributed by atoms with E-state index in [0.717, 1.165) is 23.1 Å². The number of hydrogen-bond acceptors (Lipinski definition) is 4. The minimum Gasteiger partial charge on any atom is -0.382 e. The van der Waals surface area contributed by atoms with Crippen molar-refractivity contribution >= 4 is 16.6 Å². The molecule has 0 fully saturated rings. The Labute approximate surface area is 113 Å². The van der Waals surface area contributed by atoms with Crippen LogP contribution in [0, 0.1) is 11.3 Å². The molecule has 1 aromatic carbocycles. The van der Waals surface area contributed by atoms with Gasteiger partial charge >= 0.3 is 0 Å². The van der Waals surface area contributed by atoms with E-state index in [0.29, 0.717) is 11.6 Å². The molecule has 1 aromatic heterocycles. The normalized spacial score (nSPS) is 12.4. The van der Waals surface area contributed by atoms with Gasteiger partial charge in [0.25, 0.3) is 0 Å². The predicted octanol–water partition coefficient (Wildman–Crippen LogP) is 2.47. The Kier molecular flexibility index (Phi) is 3.98. The molecule has 1 heterocycles. The van der Waals surface area contributed by atoms with Gasteiger partial charge in [-0.1, -0.05) is 18.2 Å². The number of benzene rings is 1. The van der Waals surface area contributed by atoms with Crippen LogP contribution in [-0.2, 0) is 0 Å². The molecule has 19 heavy (non-hydrogen) atoms. The summed E-state index contributed by atoms with van der Waals surface area (Å²) in [5.74, 6) is 0. The number of para-hydroxylation sites is 1. The van der Waals surface area contributed by atoms with E-state index in [2.05, 4.69) is 28.2 Å². The molecule has 0 radical (unpaired) electrons. The van der Waals surface area contributed by atoms with Gasteiger partial charge in [0.1, 0.15) is 6.07 Å². The van der Waals surface area contributed by atoms with Crippen molar-refractivity contribution < 1.29 is 0 Å². The lowest BCUT2D eigenvalue weighted by molar-refractivity contribution is 0.326. The molecule has 1 atom stereocenters. The number of likely N-dealkylation sites (N-methyl/N-ethyl adjacent to an activating group) is 1. The van der Waals surface area contributed by atoms with Crippen LogP contribution >= 0.6 is 0 Å². The molecule has 2 aromatic rings. The molecule has 2 rings (SSSR count). The molecule has 0 saturated heterocycles. The maximum absolute atomic E-state index is 9.21. The summed E-state index contributed by atoms with van der Waals surface area (Å²) >= 11 is 0. The van der Waals surface area contributed by atoms with Crippen molar-refractivity contribution in [2.24, 2.45) is 0 Å². The molecular weight excluding hydrogens is 236 g/mol. The highest BCUT2D eigenvalue weighted by molar-refractivity contribution is 5.93. The highest BCUT2D eigenvalue weighted by Gasteiger charge is 2.10. The maximum atomic E-state index is 9.21. The summed E-state index contributed by atoms with van der Waals surface area (Å²) in [6, 6.07) is 10.5. The number of aromatic nitrogens is 1. The third kappa shape index (κ3) is 2.83. The summed E-state index contributed by atoms with van der Waals surface area (Å²) in [6.45, 7) is 2.93. The molecule has 1 unspecified atom stereocenters. The van der Waals surface area contributed by atoms with Crippen molar-refractivity contribution in [2.45, 2.75) is 13.0 Å². The minimum absolute atomic E-state index is 0.387. The number of nitrogens with zero attached hydrogens (tertiary/aromatic N) is 3. The largest absolute Gasteiger partial charge is 0.382 e. The maximum Gasteiger partial charge on any atom is 0.103 e. The van der Waals surface area contributed by atoms with Gasteiger partial charge < -0.3 is 10.2 Å². The van der Waals surface area contributed by atoms with Crippen molar-refractivity contribution in [1.29, 1.82) is 5.26 Å². The predicted molar refractivity (Wildman–Crippen MR) is 78.1 cm³/mol. The number of pyridine rings is 1. The van der Waals surface area contributed by atoms with Crippen LogP contribution in [0.25, 0.3) is 10.9 Å². The van der Waals surface area contributed by atoms with Gasteiger partial charge in [-0.05, 0) is 27.1 Å². The van der Waals surface area contributed by atoms with E-state index in [1.165, 1.54) is 0 Å². The highest BCUT2D eigenvalue weighted by Crippen LogP contribution is 2.25. The van der Waals surface area contributed by atoms with E-state index in [9.17, 15) is 5.26 Å².